The maximum atomic E-state index is 2.42. The Morgan fingerprint density at radius 1 is 0.818 bits per heavy atom. The van der Waals surface area contributed by atoms with Crippen LogP contribution in [0.25, 0.3) is 10.8 Å². The van der Waals surface area contributed by atoms with Gasteiger partial charge in [-0.1, -0.05) is 48.5 Å². The number of hydrogen-bond acceptors (Lipinski definition) is 1. The second-order valence-corrected chi connectivity index (χ2v) is 5.79. The van der Waals surface area contributed by atoms with Gasteiger partial charge in [0.05, 0.1) is 12.6 Å². The zero-order valence-corrected chi connectivity index (χ0v) is 12.7. The Labute approximate surface area is 130 Å². The molecule has 0 aliphatic carbocycles. The van der Waals surface area contributed by atoms with Gasteiger partial charge < -0.3 is 0 Å². The number of fused-ring (bicyclic) bond motifs is 1. The van der Waals surface area contributed by atoms with Crippen molar-refractivity contribution in [1.29, 1.82) is 0 Å². The van der Waals surface area contributed by atoms with E-state index in [4.69, 9.17) is 0 Å². The highest BCUT2D eigenvalue weighted by Gasteiger charge is 2.31. The monoisotopic (exact) mass is 287 g/mol. The van der Waals surface area contributed by atoms with Crippen molar-refractivity contribution < 1.29 is 4.58 Å². The fourth-order valence-electron chi connectivity index (χ4n) is 3.23. The number of hydrogen-bond donors (Lipinski definition) is 0. The molecule has 108 valence electrons. The number of rotatable bonds is 2. The van der Waals surface area contributed by atoms with Crippen molar-refractivity contribution in [3.63, 3.8) is 0 Å². The second kappa shape index (κ2) is 5.30. The van der Waals surface area contributed by atoms with Gasteiger partial charge in [-0.2, -0.15) is 0 Å². The molecule has 22 heavy (non-hydrogen) atoms. The highest BCUT2D eigenvalue weighted by atomic mass is 15.3. The summed E-state index contributed by atoms with van der Waals surface area (Å²) in [5.74, 6) is 1.29. The normalized spacial score (nSPS) is 14.9. The van der Waals surface area contributed by atoms with Crippen molar-refractivity contribution in [3.05, 3.63) is 78.4 Å². The SMILES string of the molecule is C[N+]1=C(c2ccccc2)N(c2ccc3ccccc3c2)CC1. The van der Waals surface area contributed by atoms with Crippen molar-refractivity contribution in [2.45, 2.75) is 0 Å². The molecule has 0 saturated carbocycles. The van der Waals surface area contributed by atoms with Gasteiger partial charge in [0, 0.05) is 0 Å². The summed E-state index contributed by atoms with van der Waals surface area (Å²) in [6.07, 6.45) is 0. The molecule has 0 saturated heterocycles. The summed E-state index contributed by atoms with van der Waals surface area (Å²) < 4.78 is 2.34. The van der Waals surface area contributed by atoms with Crippen LogP contribution in [0.4, 0.5) is 5.69 Å². The maximum Gasteiger partial charge on any atom is 0.284 e. The molecule has 0 amide bonds. The molecule has 0 bridgehead atoms. The van der Waals surface area contributed by atoms with Gasteiger partial charge >= 0.3 is 0 Å². The third-order valence-electron chi connectivity index (χ3n) is 4.35. The van der Waals surface area contributed by atoms with Crippen LogP contribution in [0.3, 0.4) is 0 Å². The average Bonchev–Trinajstić information content (AvgIpc) is 2.97. The first-order valence-electron chi connectivity index (χ1n) is 7.73. The largest absolute Gasteiger partial charge is 0.284 e. The number of anilines is 1. The van der Waals surface area contributed by atoms with Crippen LogP contribution >= 0.6 is 0 Å². The number of amidine groups is 1. The van der Waals surface area contributed by atoms with Crippen LogP contribution in [0.2, 0.25) is 0 Å². The summed E-state index contributed by atoms with van der Waals surface area (Å²) in [5.41, 5.74) is 2.54. The molecule has 1 aliphatic rings. The van der Waals surface area contributed by atoms with E-state index in [0.29, 0.717) is 0 Å². The lowest BCUT2D eigenvalue weighted by Gasteiger charge is -2.14. The lowest BCUT2D eigenvalue weighted by molar-refractivity contribution is -0.485. The minimum atomic E-state index is 1.03. The van der Waals surface area contributed by atoms with Gasteiger partial charge in [-0.25, -0.2) is 4.90 Å². The van der Waals surface area contributed by atoms with Crippen LogP contribution in [-0.2, 0) is 0 Å². The summed E-state index contributed by atoms with van der Waals surface area (Å²) >= 11 is 0. The van der Waals surface area contributed by atoms with Gasteiger partial charge in [0.2, 0.25) is 0 Å². The average molecular weight is 287 g/mol. The van der Waals surface area contributed by atoms with Crippen molar-refractivity contribution in [2.75, 3.05) is 25.0 Å². The Kier molecular flexibility index (Phi) is 3.15. The van der Waals surface area contributed by atoms with Crippen LogP contribution < -0.4 is 4.90 Å². The van der Waals surface area contributed by atoms with E-state index >= 15 is 0 Å². The molecule has 0 atom stereocenters. The molecule has 0 N–H and O–H groups in total. The highest BCUT2D eigenvalue weighted by Crippen LogP contribution is 2.25. The van der Waals surface area contributed by atoms with E-state index in [0.717, 1.165) is 13.1 Å². The minimum absolute atomic E-state index is 1.03. The third-order valence-corrected chi connectivity index (χ3v) is 4.35. The van der Waals surface area contributed by atoms with Crippen LogP contribution in [0.15, 0.2) is 72.8 Å². The number of nitrogens with zero attached hydrogens (tertiary/aromatic N) is 2. The fourth-order valence-corrected chi connectivity index (χ4v) is 3.23. The number of benzene rings is 3. The van der Waals surface area contributed by atoms with E-state index in [1.54, 1.807) is 0 Å². The van der Waals surface area contributed by atoms with Crippen molar-refractivity contribution >= 4 is 22.3 Å². The molecule has 2 nitrogen and oxygen atoms in total. The van der Waals surface area contributed by atoms with Crippen molar-refractivity contribution in [1.82, 2.24) is 0 Å². The molecule has 2 heteroatoms. The Bertz CT molecular complexity index is 850. The Morgan fingerprint density at radius 3 is 2.36 bits per heavy atom. The Balaban J connectivity index is 1.80. The standard InChI is InChI=1S/C20H19N2/c1-21-13-14-22(20(21)17-8-3-2-4-9-17)19-12-11-16-7-5-6-10-18(16)15-19/h2-12,15H,13-14H2,1H3/q+1. The summed E-state index contributed by atoms with van der Waals surface area (Å²) in [5, 5.41) is 2.59. The van der Waals surface area contributed by atoms with Gasteiger partial charge in [0.1, 0.15) is 18.8 Å². The van der Waals surface area contributed by atoms with Gasteiger partial charge in [-0.3, -0.25) is 4.58 Å². The van der Waals surface area contributed by atoms with Gasteiger partial charge in [-0.15, -0.1) is 0 Å². The quantitative estimate of drug-likeness (QED) is 0.651. The van der Waals surface area contributed by atoms with Gasteiger partial charge in [-0.05, 0) is 35.0 Å². The van der Waals surface area contributed by atoms with Crippen molar-refractivity contribution in [3.8, 4) is 0 Å². The summed E-state index contributed by atoms with van der Waals surface area (Å²) in [6, 6.07) is 25.9. The first-order valence-corrected chi connectivity index (χ1v) is 7.73. The van der Waals surface area contributed by atoms with E-state index in [-0.39, 0.29) is 0 Å². The molecule has 1 aliphatic heterocycles. The lowest BCUT2D eigenvalue weighted by atomic mass is 10.1. The first-order chi connectivity index (χ1) is 10.8. The topological polar surface area (TPSA) is 6.25 Å². The van der Waals surface area contributed by atoms with Crippen LogP contribution in [0.1, 0.15) is 5.56 Å². The lowest BCUT2D eigenvalue weighted by Crippen LogP contribution is -2.29. The molecule has 0 radical (unpaired) electrons. The van der Waals surface area contributed by atoms with E-state index in [2.05, 4.69) is 89.3 Å². The predicted molar refractivity (Wildman–Crippen MR) is 92.9 cm³/mol. The third kappa shape index (κ3) is 2.17. The molecule has 3 aromatic carbocycles. The molecule has 0 fully saturated rings. The summed E-state index contributed by atoms with van der Waals surface area (Å²) in [7, 11) is 2.17. The molecular weight excluding hydrogens is 268 g/mol. The van der Waals surface area contributed by atoms with E-state index in [1.165, 1.54) is 27.9 Å². The van der Waals surface area contributed by atoms with Crippen LogP contribution in [0.5, 0.6) is 0 Å². The first kappa shape index (κ1) is 13.1. The van der Waals surface area contributed by atoms with Crippen molar-refractivity contribution in [2.24, 2.45) is 0 Å². The predicted octanol–water partition coefficient (Wildman–Crippen LogP) is 3.75. The molecular formula is C20H19N2+. The Morgan fingerprint density at radius 2 is 1.55 bits per heavy atom. The second-order valence-electron chi connectivity index (χ2n) is 5.79. The van der Waals surface area contributed by atoms with E-state index in [1.807, 2.05) is 0 Å². The number of likely N-dealkylation sites (N-methyl/N-ethyl adjacent to an activating group) is 1. The van der Waals surface area contributed by atoms with Crippen LogP contribution in [0, 0.1) is 0 Å². The Hall–Kier alpha value is -2.61. The van der Waals surface area contributed by atoms with E-state index in [9.17, 15) is 0 Å². The highest BCUT2D eigenvalue weighted by molar-refractivity contribution is 6.08. The molecule has 0 unspecified atom stereocenters. The summed E-state index contributed by atoms with van der Waals surface area (Å²) in [4.78, 5) is 2.42. The van der Waals surface area contributed by atoms with Crippen LogP contribution in [-0.4, -0.2) is 30.5 Å². The minimum Gasteiger partial charge on any atom is -0.260 e. The molecule has 3 aromatic rings. The molecule has 4 rings (SSSR count). The molecule has 0 aromatic heterocycles. The fraction of sp³-hybridized carbons (Fsp3) is 0.150. The van der Waals surface area contributed by atoms with Gasteiger partial charge in [0.25, 0.3) is 5.84 Å². The zero-order chi connectivity index (χ0) is 14.9. The zero-order valence-electron chi connectivity index (χ0n) is 12.7. The molecule has 0 spiro atoms. The van der Waals surface area contributed by atoms with Gasteiger partial charge in [0.15, 0.2) is 0 Å². The smallest absolute Gasteiger partial charge is 0.260 e. The van der Waals surface area contributed by atoms with E-state index < -0.39 is 0 Å². The molecule has 1 heterocycles. The summed E-state index contributed by atoms with van der Waals surface area (Å²) in [6.45, 7) is 2.08. The maximum absolute atomic E-state index is 2.42.